The van der Waals surface area contributed by atoms with Crippen molar-refractivity contribution in [1.82, 2.24) is 4.90 Å². The van der Waals surface area contributed by atoms with Crippen LogP contribution < -0.4 is 4.74 Å². The minimum atomic E-state index is -0.767. The summed E-state index contributed by atoms with van der Waals surface area (Å²) in [5.74, 6) is 0.368. The minimum Gasteiger partial charge on any atom is -0.491 e. The molecule has 140 valence electrons. The van der Waals surface area contributed by atoms with Gasteiger partial charge in [0.15, 0.2) is 0 Å². The van der Waals surface area contributed by atoms with Crippen LogP contribution in [0.25, 0.3) is 0 Å². The fourth-order valence-electron chi connectivity index (χ4n) is 3.55. The number of carbonyl (C=O) groups is 1. The van der Waals surface area contributed by atoms with Gasteiger partial charge in [-0.25, -0.2) is 4.79 Å². The Morgan fingerprint density at radius 3 is 2.65 bits per heavy atom. The summed E-state index contributed by atoms with van der Waals surface area (Å²) in [6, 6.07) is 5.37. The minimum absolute atomic E-state index is 0.254. The number of nitrogens with zero attached hydrogens (tertiary/aromatic N) is 2. The van der Waals surface area contributed by atoms with Crippen LogP contribution in [0.2, 0.25) is 5.02 Å². The molecule has 0 aromatic heterocycles. The molecule has 1 N–H and O–H groups in total. The first-order chi connectivity index (χ1) is 12.2. The lowest BCUT2D eigenvalue weighted by Crippen LogP contribution is -2.50. The number of hydrogen-bond acceptors (Lipinski definition) is 5. The number of rotatable bonds is 0. The van der Waals surface area contributed by atoms with Crippen LogP contribution in [0.3, 0.4) is 0 Å². The number of amides is 1. The molecule has 0 radical (unpaired) electrons. The lowest BCUT2D eigenvalue weighted by Gasteiger charge is -2.47. The fraction of sp³-hybridized carbons (Fsp3) is 0.579. The molecule has 2 aliphatic heterocycles. The van der Waals surface area contributed by atoms with Crippen LogP contribution >= 0.6 is 11.6 Å². The first kappa shape index (κ1) is 18.8. The van der Waals surface area contributed by atoms with Gasteiger partial charge in [0.05, 0.1) is 17.7 Å². The number of aliphatic hydroxyl groups excluding tert-OH is 1. The lowest BCUT2D eigenvalue weighted by atomic mass is 9.70. The summed E-state index contributed by atoms with van der Waals surface area (Å²) in [7, 11) is 0. The van der Waals surface area contributed by atoms with Crippen molar-refractivity contribution >= 4 is 17.7 Å². The van der Waals surface area contributed by atoms with Gasteiger partial charge < -0.3 is 19.5 Å². The van der Waals surface area contributed by atoms with Gasteiger partial charge >= 0.3 is 6.09 Å². The molecule has 0 saturated carbocycles. The predicted molar refractivity (Wildman–Crippen MR) is 96.1 cm³/mol. The number of ether oxygens (including phenoxy) is 2. The standard InChI is InChI=1S/C19H23ClN2O4/c1-18(2,3)26-17(24)22-8-6-19(7-9-22)11-25-15-12(16(19)23)4-5-14(20)13(15)10-21/h4-5,16,23H,6-9,11H2,1-3H3. The van der Waals surface area contributed by atoms with Crippen molar-refractivity contribution in [3.63, 3.8) is 0 Å². The van der Waals surface area contributed by atoms with E-state index in [0.717, 1.165) is 0 Å². The highest BCUT2D eigenvalue weighted by Gasteiger charge is 2.47. The zero-order valence-electron chi connectivity index (χ0n) is 15.2. The highest BCUT2D eigenvalue weighted by molar-refractivity contribution is 6.32. The SMILES string of the molecule is CC(C)(C)OC(=O)N1CCC2(CC1)COc1c(ccc(Cl)c1C#N)C2O. The van der Waals surface area contributed by atoms with E-state index in [-0.39, 0.29) is 11.7 Å². The third kappa shape index (κ3) is 3.34. The van der Waals surface area contributed by atoms with Crippen LogP contribution in [-0.4, -0.2) is 41.4 Å². The first-order valence-corrected chi connectivity index (χ1v) is 9.06. The van der Waals surface area contributed by atoms with Crippen LogP contribution in [0.1, 0.15) is 50.8 Å². The molecule has 7 heteroatoms. The van der Waals surface area contributed by atoms with Crippen molar-refractivity contribution in [2.24, 2.45) is 5.41 Å². The summed E-state index contributed by atoms with van der Waals surface area (Å²) in [6.45, 7) is 6.78. The Balaban J connectivity index is 1.76. The zero-order valence-corrected chi connectivity index (χ0v) is 16.0. The van der Waals surface area contributed by atoms with E-state index in [1.807, 2.05) is 26.8 Å². The Morgan fingerprint density at radius 2 is 2.08 bits per heavy atom. The van der Waals surface area contributed by atoms with E-state index in [2.05, 4.69) is 0 Å². The van der Waals surface area contributed by atoms with Crippen LogP contribution in [0.4, 0.5) is 4.79 Å². The van der Waals surface area contributed by atoms with Crippen LogP contribution in [0.5, 0.6) is 5.75 Å². The number of hydrogen-bond donors (Lipinski definition) is 1. The smallest absolute Gasteiger partial charge is 0.410 e. The topological polar surface area (TPSA) is 82.8 Å². The molecular formula is C19H23ClN2O4. The second-order valence-electron chi connectivity index (χ2n) is 7.97. The summed E-state index contributed by atoms with van der Waals surface area (Å²) < 4.78 is 11.3. The molecule has 1 spiro atoms. The Hall–Kier alpha value is -1.97. The molecule has 0 bridgehead atoms. The van der Waals surface area contributed by atoms with E-state index >= 15 is 0 Å². The number of carbonyl (C=O) groups excluding carboxylic acids is 1. The van der Waals surface area contributed by atoms with Crippen molar-refractivity contribution in [3.8, 4) is 11.8 Å². The van der Waals surface area contributed by atoms with E-state index in [0.29, 0.717) is 48.9 Å². The summed E-state index contributed by atoms with van der Waals surface area (Å²) in [5, 5.41) is 20.6. The lowest BCUT2D eigenvalue weighted by molar-refractivity contribution is -0.0715. The Bertz CT molecular complexity index is 758. The van der Waals surface area contributed by atoms with Gasteiger partial charge in [0.2, 0.25) is 0 Å². The summed E-state index contributed by atoms with van der Waals surface area (Å²) in [6.07, 6.45) is 0.0864. The molecule has 1 aromatic rings. The summed E-state index contributed by atoms with van der Waals surface area (Å²) in [4.78, 5) is 13.9. The molecule has 26 heavy (non-hydrogen) atoms. The molecule has 2 aliphatic rings. The quantitative estimate of drug-likeness (QED) is 0.744. The summed E-state index contributed by atoms with van der Waals surface area (Å²) >= 11 is 6.05. The van der Waals surface area contributed by atoms with E-state index in [9.17, 15) is 15.2 Å². The molecule has 1 atom stereocenters. The van der Waals surface area contributed by atoms with Crippen LogP contribution in [-0.2, 0) is 4.74 Å². The van der Waals surface area contributed by atoms with Crippen LogP contribution in [0.15, 0.2) is 12.1 Å². The molecule has 1 saturated heterocycles. The van der Waals surface area contributed by atoms with Gasteiger partial charge in [0.1, 0.15) is 23.0 Å². The number of benzene rings is 1. The van der Waals surface area contributed by atoms with Gasteiger partial charge in [-0.1, -0.05) is 17.7 Å². The van der Waals surface area contributed by atoms with Crippen molar-refractivity contribution < 1.29 is 19.4 Å². The first-order valence-electron chi connectivity index (χ1n) is 8.68. The molecule has 0 aliphatic carbocycles. The van der Waals surface area contributed by atoms with E-state index in [1.165, 1.54) is 0 Å². The van der Waals surface area contributed by atoms with E-state index in [4.69, 9.17) is 21.1 Å². The van der Waals surface area contributed by atoms with Gasteiger partial charge in [0.25, 0.3) is 0 Å². The average molecular weight is 379 g/mol. The molecule has 2 heterocycles. The van der Waals surface area contributed by atoms with Gasteiger partial charge in [0, 0.05) is 24.1 Å². The maximum atomic E-state index is 12.2. The number of halogens is 1. The fourth-order valence-corrected chi connectivity index (χ4v) is 3.74. The Morgan fingerprint density at radius 1 is 1.42 bits per heavy atom. The van der Waals surface area contributed by atoms with Crippen molar-refractivity contribution in [1.29, 1.82) is 5.26 Å². The summed E-state index contributed by atoms with van der Waals surface area (Å²) in [5.41, 5.74) is -0.176. The van der Waals surface area contributed by atoms with Gasteiger partial charge in [-0.15, -0.1) is 0 Å². The van der Waals surface area contributed by atoms with E-state index < -0.39 is 17.1 Å². The molecule has 1 amide bonds. The van der Waals surface area contributed by atoms with Crippen molar-refractivity contribution in [2.45, 2.75) is 45.3 Å². The molecular weight excluding hydrogens is 356 g/mol. The molecule has 1 aromatic carbocycles. The molecule has 1 unspecified atom stereocenters. The highest BCUT2D eigenvalue weighted by Crippen LogP contribution is 2.50. The maximum absolute atomic E-state index is 12.2. The number of aliphatic hydroxyl groups is 1. The third-order valence-corrected chi connectivity index (χ3v) is 5.35. The maximum Gasteiger partial charge on any atom is 0.410 e. The Labute approximate surface area is 158 Å². The normalized spacial score (nSPS) is 21.5. The Kier molecular flexibility index (Phi) is 4.80. The monoisotopic (exact) mass is 378 g/mol. The number of likely N-dealkylation sites (tertiary alicyclic amines) is 1. The number of fused-ring (bicyclic) bond motifs is 1. The second kappa shape index (κ2) is 6.64. The van der Waals surface area contributed by atoms with Gasteiger partial charge in [-0.3, -0.25) is 0 Å². The predicted octanol–water partition coefficient (Wildman–Crippen LogP) is 3.65. The zero-order chi connectivity index (χ0) is 19.1. The van der Waals surface area contributed by atoms with Gasteiger partial charge in [-0.05, 0) is 39.7 Å². The molecule has 1 fully saturated rings. The van der Waals surface area contributed by atoms with E-state index in [1.54, 1.807) is 17.0 Å². The average Bonchev–Trinajstić information content (AvgIpc) is 2.57. The highest BCUT2D eigenvalue weighted by atomic mass is 35.5. The number of nitriles is 1. The number of piperidine rings is 1. The van der Waals surface area contributed by atoms with Crippen LogP contribution in [0, 0.1) is 16.7 Å². The van der Waals surface area contributed by atoms with Gasteiger partial charge in [-0.2, -0.15) is 5.26 Å². The third-order valence-electron chi connectivity index (χ3n) is 5.04. The largest absolute Gasteiger partial charge is 0.491 e. The molecule has 3 rings (SSSR count). The van der Waals surface area contributed by atoms with Crippen molar-refractivity contribution in [2.75, 3.05) is 19.7 Å². The second-order valence-corrected chi connectivity index (χ2v) is 8.38. The van der Waals surface area contributed by atoms with Crippen molar-refractivity contribution in [3.05, 3.63) is 28.3 Å². The molecule has 6 nitrogen and oxygen atoms in total.